The van der Waals surface area contributed by atoms with E-state index < -0.39 is 0 Å². The Morgan fingerprint density at radius 1 is 1.46 bits per heavy atom. The summed E-state index contributed by atoms with van der Waals surface area (Å²) in [6.45, 7) is 7.26. The average molecular weight is 207 g/mol. The van der Waals surface area contributed by atoms with Gasteiger partial charge in [0.15, 0.2) is 0 Å². The zero-order chi connectivity index (χ0) is 9.68. The molecule has 0 amide bonds. The van der Waals surface area contributed by atoms with Crippen LogP contribution in [0.4, 0.5) is 0 Å². The Morgan fingerprint density at radius 3 is 2.77 bits per heavy atom. The van der Waals surface area contributed by atoms with Crippen LogP contribution in [0.25, 0.3) is 0 Å². The summed E-state index contributed by atoms with van der Waals surface area (Å²) in [5, 5.41) is 0. The van der Waals surface area contributed by atoms with Crippen molar-refractivity contribution in [3.05, 3.63) is 48.0 Å². The van der Waals surface area contributed by atoms with Gasteiger partial charge in [-0.2, -0.15) is 0 Å². The fraction of sp³-hybridized carbons (Fsp3) is 0.0909. The fourth-order valence-corrected chi connectivity index (χ4v) is 1.50. The van der Waals surface area contributed by atoms with Crippen molar-refractivity contribution < 1.29 is 17.0 Å². The van der Waals surface area contributed by atoms with Crippen molar-refractivity contribution in [3.63, 3.8) is 0 Å². The first kappa shape index (κ1) is 10.2. The molecule has 2 heteroatoms. The molecular weight excluding hydrogens is 197 g/mol. The summed E-state index contributed by atoms with van der Waals surface area (Å²) in [4.78, 5) is 4.16. The Kier molecular flexibility index (Phi) is 3.87. The molecule has 0 radical (unpaired) electrons. The number of rotatable bonds is 3. The van der Waals surface area contributed by atoms with Crippen molar-refractivity contribution in [1.29, 1.82) is 0 Å². The summed E-state index contributed by atoms with van der Waals surface area (Å²) in [7, 11) is 0. The molecule has 65 valence electrons. The van der Waals surface area contributed by atoms with E-state index in [1.807, 2.05) is 18.2 Å². The van der Waals surface area contributed by atoms with Gasteiger partial charge in [0.2, 0.25) is 0 Å². The van der Waals surface area contributed by atoms with E-state index >= 15 is 0 Å². The van der Waals surface area contributed by atoms with Crippen LogP contribution in [-0.2, 0) is 17.0 Å². The first-order chi connectivity index (χ1) is 6.25. The first-order valence-electron chi connectivity index (χ1n) is 3.95. The summed E-state index contributed by atoms with van der Waals surface area (Å²) in [5.41, 5.74) is 2.35. The molecule has 0 aromatic heterocycles. The summed E-state index contributed by atoms with van der Waals surface area (Å²) < 4.78 is 0.923. The molecule has 1 nitrogen and oxygen atoms in total. The van der Waals surface area contributed by atoms with E-state index in [1.54, 1.807) is 6.21 Å². The van der Waals surface area contributed by atoms with Gasteiger partial charge in [-0.25, -0.2) is 0 Å². The maximum atomic E-state index is 5.20. The van der Waals surface area contributed by atoms with Crippen molar-refractivity contribution >= 4 is 10.6 Å². The number of allylic oxidation sites excluding steroid dienone is 1. The van der Waals surface area contributed by atoms with Crippen LogP contribution in [0.5, 0.6) is 0 Å². The van der Waals surface area contributed by atoms with Crippen LogP contribution in [0.2, 0.25) is 0 Å². The van der Waals surface area contributed by atoms with E-state index in [1.165, 1.54) is 11.6 Å². The molecule has 0 bridgehead atoms. The topological polar surface area (TPSA) is 12.4 Å². The van der Waals surface area contributed by atoms with Crippen LogP contribution in [0.3, 0.4) is 0 Å². The average Bonchev–Trinajstić information content (AvgIpc) is 2.15. The van der Waals surface area contributed by atoms with Crippen LogP contribution >= 0.6 is 0 Å². The van der Waals surface area contributed by atoms with Crippen molar-refractivity contribution in [2.24, 2.45) is 4.99 Å². The number of nitrogens with zero attached hydrogens (tertiary/aromatic N) is 1. The Hall–Kier alpha value is -0.916. The van der Waals surface area contributed by atoms with E-state index in [9.17, 15) is 0 Å². The molecule has 13 heavy (non-hydrogen) atoms. The second kappa shape index (κ2) is 4.95. The number of aliphatic imine (C=N–C) groups is 1. The van der Waals surface area contributed by atoms with E-state index in [4.69, 9.17) is 6.58 Å². The molecule has 0 N–H and O–H groups in total. The van der Waals surface area contributed by atoms with E-state index in [2.05, 4.69) is 35.0 Å². The number of aryl methyl sites for hydroxylation is 1. The third-order valence-electron chi connectivity index (χ3n) is 1.67. The summed E-state index contributed by atoms with van der Waals surface area (Å²) >= 11 is 2.44. The van der Waals surface area contributed by atoms with Crippen LogP contribution in [0.15, 0.2) is 35.3 Å². The number of hydrogen-bond donors (Lipinski definition) is 0. The normalized spacial score (nSPS) is 10.2. The van der Waals surface area contributed by atoms with Gasteiger partial charge in [-0.15, -0.1) is 0 Å². The van der Waals surface area contributed by atoms with E-state index in [0.29, 0.717) is 0 Å². The van der Waals surface area contributed by atoms with Gasteiger partial charge in [0.05, 0.1) is 0 Å². The predicted molar refractivity (Wildman–Crippen MR) is 52.7 cm³/mol. The molecule has 0 unspecified atom stereocenters. The summed E-state index contributed by atoms with van der Waals surface area (Å²) in [5.74, 6) is 0. The van der Waals surface area contributed by atoms with Gasteiger partial charge < -0.3 is 0 Å². The molecule has 1 rings (SSSR count). The summed E-state index contributed by atoms with van der Waals surface area (Å²) in [6, 6.07) is 8.11. The van der Waals surface area contributed by atoms with Crippen LogP contribution in [-0.4, -0.2) is 10.6 Å². The van der Waals surface area contributed by atoms with Gasteiger partial charge >= 0.3 is 87.5 Å². The standard InChI is InChI=1S/C11H10N.V/c1-3-8-12-9-11-7-5-4-6-10(11)2;/h1,3-8H,2H3;/q-1;. The van der Waals surface area contributed by atoms with Crippen molar-refractivity contribution in [2.75, 3.05) is 0 Å². The van der Waals surface area contributed by atoms with Gasteiger partial charge in [0.1, 0.15) is 0 Å². The number of hydrogen-bond acceptors (Lipinski definition) is 1. The molecule has 0 fully saturated rings. The van der Waals surface area contributed by atoms with Gasteiger partial charge in [0, 0.05) is 0 Å². The van der Waals surface area contributed by atoms with Gasteiger partial charge in [0.25, 0.3) is 0 Å². The van der Waals surface area contributed by atoms with E-state index in [0.717, 1.165) is 9.91 Å². The second-order valence-corrected chi connectivity index (χ2v) is 3.27. The molecule has 1 aromatic carbocycles. The van der Waals surface area contributed by atoms with Crippen LogP contribution in [0.1, 0.15) is 11.1 Å². The zero-order valence-corrected chi connectivity index (χ0v) is 8.83. The third-order valence-corrected chi connectivity index (χ3v) is 2.23. The molecule has 0 aliphatic heterocycles. The quantitative estimate of drug-likeness (QED) is 0.531. The minimum atomic E-state index is 0.923. The minimum absolute atomic E-state index is 0.923. The summed E-state index contributed by atoms with van der Waals surface area (Å²) in [6.07, 6.45) is 3.01. The number of benzene rings is 1. The van der Waals surface area contributed by atoms with Crippen molar-refractivity contribution in [3.8, 4) is 0 Å². The molecule has 0 saturated heterocycles. The van der Waals surface area contributed by atoms with Crippen molar-refractivity contribution in [2.45, 2.75) is 6.92 Å². The Morgan fingerprint density at radius 2 is 2.15 bits per heavy atom. The third kappa shape index (κ3) is 2.80. The van der Waals surface area contributed by atoms with Crippen LogP contribution in [0, 0.1) is 13.5 Å². The van der Waals surface area contributed by atoms with Crippen molar-refractivity contribution in [1.82, 2.24) is 0 Å². The molecule has 1 aromatic rings. The second-order valence-electron chi connectivity index (χ2n) is 2.61. The monoisotopic (exact) mass is 207 g/mol. The molecule has 0 saturated carbocycles. The van der Waals surface area contributed by atoms with Gasteiger partial charge in [-0.3, -0.25) is 0 Å². The Labute approximate surface area is 87.7 Å². The molecule has 0 heterocycles. The van der Waals surface area contributed by atoms with Crippen LogP contribution < -0.4 is 0 Å². The Balaban J connectivity index is 2.95. The van der Waals surface area contributed by atoms with E-state index in [-0.39, 0.29) is 0 Å². The Bertz CT molecular complexity index is 353. The molecule has 0 aliphatic carbocycles. The maximum absolute atomic E-state index is 5.20. The fourth-order valence-electron chi connectivity index (χ4n) is 1.01. The van der Waals surface area contributed by atoms with Gasteiger partial charge in [-0.05, 0) is 0 Å². The zero-order valence-electron chi connectivity index (χ0n) is 7.44. The predicted octanol–water partition coefficient (Wildman–Crippen LogP) is 2.08. The first-order valence-corrected chi connectivity index (χ1v) is 4.65. The SMILES string of the molecule is [CH-]=CC=N[C](=[V])c1ccccc1C. The molecular formula is C11H10NV-. The molecule has 0 atom stereocenters. The van der Waals surface area contributed by atoms with Gasteiger partial charge in [-0.1, -0.05) is 0 Å². The molecule has 0 spiro atoms. The molecule has 0 aliphatic rings.